The van der Waals surface area contributed by atoms with Crippen LogP contribution >= 0.6 is 11.6 Å². The minimum atomic E-state index is -3.45. The molecule has 0 aromatic rings. The Balaban J connectivity index is 1.88. The predicted molar refractivity (Wildman–Crippen MR) is 51.0 cm³/mol. The molecule has 2 bridgehead atoms. The standard InChI is InChI=1S/C8H11ClO5S/c1-3(9)12-6-4-2-5-7(13-4)8(6)14-15(5,10)11/h3-8H,2H2,1H3. The second-order valence-corrected chi connectivity index (χ2v) is 6.51. The second kappa shape index (κ2) is 3.07. The fourth-order valence-electron chi connectivity index (χ4n) is 2.61. The summed E-state index contributed by atoms with van der Waals surface area (Å²) in [7, 11) is -3.45. The van der Waals surface area contributed by atoms with Crippen LogP contribution in [0.4, 0.5) is 0 Å². The molecular weight excluding hydrogens is 244 g/mol. The van der Waals surface area contributed by atoms with Crippen molar-refractivity contribution in [3.05, 3.63) is 0 Å². The Morgan fingerprint density at radius 3 is 2.87 bits per heavy atom. The molecule has 3 aliphatic rings. The van der Waals surface area contributed by atoms with Crippen molar-refractivity contribution in [2.75, 3.05) is 0 Å². The average Bonchev–Trinajstić information content (AvgIpc) is 2.67. The largest absolute Gasteiger partial charge is 0.368 e. The maximum atomic E-state index is 11.5. The first-order valence-electron chi connectivity index (χ1n) is 4.86. The lowest BCUT2D eigenvalue weighted by Crippen LogP contribution is -2.41. The third-order valence-electron chi connectivity index (χ3n) is 3.14. The zero-order chi connectivity index (χ0) is 10.8. The summed E-state index contributed by atoms with van der Waals surface area (Å²) >= 11 is 5.72. The number of halogens is 1. The number of hydrogen-bond donors (Lipinski definition) is 0. The highest BCUT2D eigenvalue weighted by molar-refractivity contribution is 7.87. The number of alkyl halides is 1. The lowest BCUT2D eigenvalue weighted by atomic mass is 9.94. The quantitative estimate of drug-likeness (QED) is 0.521. The normalized spacial score (nSPS) is 52.3. The second-order valence-electron chi connectivity index (χ2n) is 4.11. The zero-order valence-electron chi connectivity index (χ0n) is 8.00. The van der Waals surface area contributed by atoms with E-state index in [-0.39, 0.29) is 18.3 Å². The summed E-state index contributed by atoms with van der Waals surface area (Å²) in [6, 6.07) is 0. The van der Waals surface area contributed by atoms with Crippen LogP contribution < -0.4 is 0 Å². The summed E-state index contributed by atoms with van der Waals surface area (Å²) in [5.74, 6) is 0. The van der Waals surface area contributed by atoms with Gasteiger partial charge in [0.2, 0.25) is 0 Å². The van der Waals surface area contributed by atoms with Crippen LogP contribution in [-0.4, -0.2) is 43.6 Å². The van der Waals surface area contributed by atoms with E-state index in [4.69, 9.17) is 25.3 Å². The molecule has 6 unspecified atom stereocenters. The summed E-state index contributed by atoms with van der Waals surface area (Å²) in [6.45, 7) is 1.69. The van der Waals surface area contributed by atoms with E-state index in [0.29, 0.717) is 6.42 Å². The van der Waals surface area contributed by atoms with Gasteiger partial charge in [-0.15, -0.1) is 0 Å². The molecule has 86 valence electrons. The molecule has 0 radical (unpaired) electrons. The number of fused-ring (bicyclic) bond motifs is 1. The van der Waals surface area contributed by atoms with E-state index >= 15 is 0 Å². The van der Waals surface area contributed by atoms with Gasteiger partial charge in [-0.1, -0.05) is 11.6 Å². The van der Waals surface area contributed by atoms with Gasteiger partial charge in [0.15, 0.2) is 0 Å². The molecule has 6 atom stereocenters. The molecule has 3 fully saturated rings. The molecule has 3 heterocycles. The first-order valence-corrected chi connectivity index (χ1v) is 6.77. The number of rotatable bonds is 2. The Morgan fingerprint density at radius 1 is 1.47 bits per heavy atom. The summed E-state index contributed by atoms with van der Waals surface area (Å²) < 4.78 is 39.0. The Bertz CT molecular complexity index is 380. The van der Waals surface area contributed by atoms with Crippen molar-refractivity contribution in [1.82, 2.24) is 0 Å². The third kappa shape index (κ3) is 1.36. The van der Waals surface area contributed by atoms with E-state index in [1.165, 1.54) is 0 Å². The molecule has 3 saturated heterocycles. The molecule has 0 aromatic carbocycles. The molecule has 0 aliphatic carbocycles. The van der Waals surface area contributed by atoms with Crippen LogP contribution in [0.25, 0.3) is 0 Å². The van der Waals surface area contributed by atoms with E-state index in [0.717, 1.165) is 0 Å². The minimum absolute atomic E-state index is 0.191. The maximum Gasteiger partial charge on any atom is 0.273 e. The minimum Gasteiger partial charge on any atom is -0.368 e. The highest BCUT2D eigenvalue weighted by Gasteiger charge is 2.66. The Kier molecular flexibility index (Phi) is 2.11. The monoisotopic (exact) mass is 254 g/mol. The predicted octanol–water partition coefficient (Wildman–Crippen LogP) is 0.225. The third-order valence-corrected chi connectivity index (χ3v) is 4.93. The van der Waals surface area contributed by atoms with E-state index in [9.17, 15) is 8.42 Å². The van der Waals surface area contributed by atoms with Crippen molar-refractivity contribution >= 4 is 21.7 Å². The molecule has 15 heavy (non-hydrogen) atoms. The van der Waals surface area contributed by atoms with Gasteiger partial charge in [-0.05, 0) is 13.3 Å². The van der Waals surface area contributed by atoms with Gasteiger partial charge in [0.05, 0.1) is 6.10 Å². The molecule has 0 N–H and O–H groups in total. The van der Waals surface area contributed by atoms with Crippen molar-refractivity contribution in [3.63, 3.8) is 0 Å². The summed E-state index contributed by atoms with van der Waals surface area (Å²) in [4.78, 5) is 0. The molecule has 0 aromatic heterocycles. The van der Waals surface area contributed by atoms with Crippen molar-refractivity contribution < 1.29 is 22.1 Å². The highest BCUT2D eigenvalue weighted by atomic mass is 35.5. The van der Waals surface area contributed by atoms with Crippen LogP contribution in [0.15, 0.2) is 0 Å². The zero-order valence-corrected chi connectivity index (χ0v) is 9.57. The van der Waals surface area contributed by atoms with E-state index in [2.05, 4.69) is 0 Å². The van der Waals surface area contributed by atoms with Crippen LogP contribution in [0.3, 0.4) is 0 Å². The molecule has 7 heteroatoms. The fraction of sp³-hybridized carbons (Fsp3) is 1.00. The lowest BCUT2D eigenvalue weighted by Gasteiger charge is -2.23. The SMILES string of the molecule is CC(Cl)OC1C2CC3C(O2)C1OS3(=O)=O. The number of hydrogen-bond acceptors (Lipinski definition) is 5. The maximum absolute atomic E-state index is 11.5. The van der Waals surface area contributed by atoms with Crippen LogP contribution in [-0.2, 0) is 23.8 Å². The van der Waals surface area contributed by atoms with Crippen molar-refractivity contribution in [1.29, 1.82) is 0 Å². The van der Waals surface area contributed by atoms with E-state index in [1.54, 1.807) is 6.92 Å². The molecular formula is C8H11ClO5S. The highest BCUT2D eigenvalue weighted by Crippen LogP contribution is 2.48. The van der Waals surface area contributed by atoms with Crippen LogP contribution in [0.5, 0.6) is 0 Å². The molecule has 0 amide bonds. The topological polar surface area (TPSA) is 61.8 Å². The Morgan fingerprint density at radius 2 is 2.20 bits per heavy atom. The molecule has 5 nitrogen and oxygen atoms in total. The Hall–Kier alpha value is 0.120. The van der Waals surface area contributed by atoms with Crippen molar-refractivity contribution in [2.24, 2.45) is 0 Å². The van der Waals surface area contributed by atoms with Gasteiger partial charge in [-0.25, -0.2) is 0 Å². The first kappa shape index (κ1) is 10.3. The van der Waals surface area contributed by atoms with Gasteiger partial charge < -0.3 is 9.47 Å². The lowest BCUT2D eigenvalue weighted by molar-refractivity contribution is -0.0356. The van der Waals surface area contributed by atoms with Crippen molar-refractivity contribution in [3.8, 4) is 0 Å². The smallest absolute Gasteiger partial charge is 0.273 e. The molecule has 0 spiro atoms. The average molecular weight is 255 g/mol. The summed E-state index contributed by atoms with van der Waals surface area (Å²) in [6.07, 6.45) is -0.947. The van der Waals surface area contributed by atoms with Gasteiger partial charge in [0, 0.05) is 0 Å². The van der Waals surface area contributed by atoms with Crippen LogP contribution in [0, 0.1) is 0 Å². The van der Waals surface area contributed by atoms with Crippen molar-refractivity contribution in [2.45, 2.75) is 48.6 Å². The van der Waals surface area contributed by atoms with E-state index < -0.39 is 27.0 Å². The molecule has 3 rings (SSSR count). The molecule has 0 saturated carbocycles. The first-order chi connectivity index (χ1) is 6.99. The Labute approximate surface area is 92.8 Å². The van der Waals surface area contributed by atoms with Gasteiger partial charge in [-0.3, -0.25) is 4.18 Å². The van der Waals surface area contributed by atoms with Gasteiger partial charge in [0.1, 0.15) is 29.1 Å². The summed E-state index contributed by atoms with van der Waals surface area (Å²) in [5, 5.41) is -0.502. The van der Waals surface area contributed by atoms with Gasteiger partial charge in [0.25, 0.3) is 10.1 Å². The number of ether oxygens (including phenoxy) is 2. The van der Waals surface area contributed by atoms with Crippen LogP contribution in [0.2, 0.25) is 0 Å². The van der Waals surface area contributed by atoms with Crippen LogP contribution in [0.1, 0.15) is 13.3 Å². The summed E-state index contributed by atoms with van der Waals surface area (Å²) in [5.41, 5.74) is -0.469. The van der Waals surface area contributed by atoms with Gasteiger partial charge >= 0.3 is 0 Å². The van der Waals surface area contributed by atoms with Gasteiger partial charge in [-0.2, -0.15) is 8.42 Å². The molecule has 3 aliphatic heterocycles. The van der Waals surface area contributed by atoms with E-state index in [1.807, 2.05) is 0 Å². The fourth-order valence-corrected chi connectivity index (χ4v) is 4.37.